The largest absolute Gasteiger partial charge is 0.457 e. The van der Waals surface area contributed by atoms with Crippen molar-refractivity contribution < 1.29 is 14.3 Å². The van der Waals surface area contributed by atoms with Gasteiger partial charge in [-0.25, -0.2) is 4.79 Å². The van der Waals surface area contributed by atoms with Crippen LogP contribution in [0.2, 0.25) is 0 Å². The molecule has 0 aromatic heterocycles. The predicted molar refractivity (Wildman–Crippen MR) is 61.1 cm³/mol. The highest BCUT2D eigenvalue weighted by Crippen LogP contribution is 2.20. The molecule has 1 aliphatic heterocycles. The summed E-state index contributed by atoms with van der Waals surface area (Å²) in [5.74, 6) is 5.36. The van der Waals surface area contributed by atoms with Gasteiger partial charge in [-0.1, -0.05) is 11.8 Å². The second-order valence-electron chi connectivity index (χ2n) is 3.66. The van der Waals surface area contributed by atoms with E-state index in [0.717, 1.165) is 11.1 Å². The molecule has 0 saturated heterocycles. The van der Waals surface area contributed by atoms with E-state index in [4.69, 9.17) is 4.74 Å². The summed E-state index contributed by atoms with van der Waals surface area (Å²) in [4.78, 5) is 21.8. The van der Waals surface area contributed by atoms with E-state index in [2.05, 4.69) is 17.2 Å². The molecule has 1 aliphatic rings. The van der Waals surface area contributed by atoms with E-state index in [1.54, 1.807) is 12.1 Å². The molecule has 86 valence electrons. The number of benzene rings is 1. The smallest absolute Gasteiger partial charge is 0.338 e. The lowest BCUT2D eigenvalue weighted by atomic mass is 10.1. The number of nitrogens with one attached hydrogen (secondary N) is 1. The number of hydrogen-bond acceptors (Lipinski definition) is 3. The van der Waals surface area contributed by atoms with Crippen LogP contribution in [0.25, 0.3) is 0 Å². The average molecular weight is 229 g/mol. The van der Waals surface area contributed by atoms with E-state index in [1.165, 1.54) is 6.92 Å². The van der Waals surface area contributed by atoms with Crippen molar-refractivity contribution in [2.45, 2.75) is 13.5 Å². The summed E-state index contributed by atoms with van der Waals surface area (Å²) in [6.45, 7) is 2.08. The van der Waals surface area contributed by atoms with Crippen LogP contribution < -0.4 is 5.32 Å². The van der Waals surface area contributed by atoms with E-state index < -0.39 is 0 Å². The number of fused-ring (bicyclic) bond motifs is 1. The molecule has 0 bridgehead atoms. The molecule has 0 unspecified atom stereocenters. The zero-order chi connectivity index (χ0) is 12.3. The van der Waals surface area contributed by atoms with Crippen molar-refractivity contribution in [1.82, 2.24) is 5.32 Å². The van der Waals surface area contributed by atoms with Gasteiger partial charge in [-0.3, -0.25) is 4.79 Å². The molecule has 2 rings (SSSR count). The molecular formula is C13H11NO3. The summed E-state index contributed by atoms with van der Waals surface area (Å²) in [7, 11) is 0. The number of amides is 1. The molecule has 1 heterocycles. The Hall–Kier alpha value is -2.28. The lowest BCUT2D eigenvalue weighted by molar-refractivity contribution is -0.118. The number of hydrogen-bond donors (Lipinski definition) is 1. The van der Waals surface area contributed by atoms with Crippen LogP contribution in [-0.4, -0.2) is 18.4 Å². The highest BCUT2D eigenvalue weighted by atomic mass is 16.5. The second kappa shape index (κ2) is 4.71. The van der Waals surface area contributed by atoms with Crippen molar-refractivity contribution in [2.75, 3.05) is 6.54 Å². The third-order valence-corrected chi connectivity index (χ3v) is 2.34. The quantitative estimate of drug-likeness (QED) is 0.573. The Morgan fingerprint density at radius 2 is 2.35 bits per heavy atom. The topological polar surface area (TPSA) is 55.4 Å². The molecule has 0 radical (unpaired) electrons. The fraction of sp³-hybridized carbons (Fsp3) is 0.231. The van der Waals surface area contributed by atoms with Gasteiger partial charge in [0.1, 0.15) is 6.61 Å². The normalized spacial score (nSPS) is 12.2. The molecule has 4 nitrogen and oxygen atoms in total. The minimum absolute atomic E-state index is 0.104. The number of carbonyl (C=O) groups is 2. The molecule has 1 aromatic carbocycles. The molecule has 4 heteroatoms. The summed E-state index contributed by atoms with van der Waals surface area (Å²) in [6, 6.07) is 5.32. The van der Waals surface area contributed by atoms with E-state index in [0.29, 0.717) is 18.7 Å². The first-order chi connectivity index (χ1) is 8.16. The van der Waals surface area contributed by atoms with Crippen LogP contribution in [0.4, 0.5) is 0 Å². The van der Waals surface area contributed by atoms with Crippen molar-refractivity contribution in [1.29, 1.82) is 0 Å². The van der Waals surface area contributed by atoms with Gasteiger partial charge in [-0.05, 0) is 18.2 Å². The Balaban J connectivity index is 2.08. The van der Waals surface area contributed by atoms with Crippen molar-refractivity contribution in [2.24, 2.45) is 0 Å². The Morgan fingerprint density at radius 1 is 1.53 bits per heavy atom. The fourth-order valence-corrected chi connectivity index (χ4v) is 1.53. The maximum atomic E-state index is 11.2. The molecular weight excluding hydrogens is 218 g/mol. The Kier molecular flexibility index (Phi) is 3.10. The number of cyclic esters (lactones) is 1. The lowest BCUT2D eigenvalue weighted by Gasteiger charge is -1.95. The lowest BCUT2D eigenvalue weighted by Crippen LogP contribution is -2.19. The van der Waals surface area contributed by atoms with Crippen LogP contribution >= 0.6 is 0 Å². The predicted octanol–water partition coefficient (Wildman–Crippen LogP) is 0.845. The number of ether oxygens (including phenoxy) is 1. The molecule has 0 saturated carbocycles. The van der Waals surface area contributed by atoms with Gasteiger partial charge in [0, 0.05) is 18.1 Å². The standard InChI is InChI=1S/C13H11NO3/c1-9(15)14-6-2-3-10-4-5-12-11(7-10)8-17-13(12)16/h4-5,7H,6,8H2,1H3,(H,14,15). The van der Waals surface area contributed by atoms with Gasteiger partial charge in [0.2, 0.25) is 5.91 Å². The molecule has 0 spiro atoms. The van der Waals surface area contributed by atoms with E-state index >= 15 is 0 Å². The molecule has 0 fully saturated rings. The SMILES string of the molecule is CC(=O)NCC#Cc1ccc2c(c1)COC2=O. The van der Waals surface area contributed by atoms with Crippen molar-refractivity contribution in [3.05, 3.63) is 34.9 Å². The van der Waals surface area contributed by atoms with Gasteiger partial charge in [0.05, 0.1) is 12.1 Å². The highest BCUT2D eigenvalue weighted by Gasteiger charge is 2.20. The molecule has 1 aromatic rings. The van der Waals surface area contributed by atoms with Crippen LogP contribution in [0.1, 0.15) is 28.4 Å². The Bertz CT molecular complexity index is 537. The third-order valence-electron chi connectivity index (χ3n) is 2.34. The van der Waals surface area contributed by atoms with Gasteiger partial charge >= 0.3 is 5.97 Å². The van der Waals surface area contributed by atoms with Gasteiger partial charge in [0.25, 0.3) is 0 Å². The number of carbonyl (C=O) groups excluding carboxylic acids is 2. The molecule has 0 atom stereocenters. The first-order valence-electron chi connectivity index (χ1n) is 5.20. The highest BCUT2D eigenvalue weighted by molar-refractivity contribution is 5.93. The van der Waals surface area contributed by atoms with Crippen molar-refractivity contribution in [3.8, 4) is 11.8 Å². The van der Waals surface area contributed by atoms with Crippen LogP contribution in [-0.2, 0) is 16.1 Å². The summed E-state index contributed by atoms with van der Waals surface area (Å²) < 4.78 is 4.89. The third kappa shape index (κ3) is 2.64. The Labute approximate surface area is 99.0 Å². The maximum Gasteiger partial charge on any atom is 0.338 e. The van der Waals surface area contributed by atoms with Crippen LogP contribution in [0.15, 0.2) is 18.2 Å². The van der Waals surface area contributed by atoms with Crippen LogP contribution in [0.5, 0.6) is 0 Å². The molecule has 0 aliphatic carbocycles. The zero-order valence-electron chi connectivity index (χ0n) is 9.37. The number of rotatable bonds is 1. The minimum Gasteiger partial charge on any atom is -0.457 e. The number of esters is 1. The van der Waals surface area contributed by atoms with Crippen LogP contribution in [0.3, 0.4) is 0 Å². The molecule has 1 N–H and O–H groups in total. The fourth-order valence-electron chi connectivity index (χ4n) is 1.53. The summed E-state index contributed by atoms with van der Waals surface area (Å²) >= 11 is 0. The van der Waals surface area contributed by atoms with E-state index in [1.807, 2.05) is 6.07 Å². The maximum absolute atomic E-state index is 11.2. The molecule has 17 heavy (non-hydrogen) atoms. The summed E-state index contributed by atoms with van der Waals surface area (Å²) in [6.07, 6.45) is 0. The van der Waals surface area contributed by atoms with Gasteiger partial charge in [0.15, 0.2) is 0 Å². The first kappa shape index (κ1) is 11.2. The monoisotopic (exact) mass is 229 g/mol. The van der Waals surface area contributed by atoms with Crippen LogP contribution in [0, 0.1) is 11.8 Å². The van der Waals surface area contributed by atoms with Gasteiger partial charge < -0.3 is 10.1 Å². The zero-order valence-corrected chi connectivity index (χ0v) is 9.37. The molecule has 1 amide bonds. The van der Waals surface area contributed by atoms with E-state index in [9.17, 15) is 9.59 Å². The summed E-state index contributed by atoms with van der Waals surface area (Å²) in [5.41, 5.74) is 2.28. The minimum atomic E-state index is -0.280. The van der Waals surface area contributed by atoms with E-state index in [-0.39, 0.29) is 11.9 Å². The van der Waals surface area contributed by atoms with Gasteiger partial charge in [-0.15, -0.1) is 0 Å². The van der Waals surface area contributed by atoms with Crippen molar-refractivity contribution in [3.63, 3.8) is 0 Å². The summed E-state index contributed by atoms with van der Waals surface area (Å²) in [5, 5.41) is 2.58. The second-order valence-corrected chi connectivity index (χ2v) is 3.66. The van der Waals surface area contributed by atoms with Crippen molar-refractivity contribution >= 4 is 11.9 Å². The van der Waals surface area contributed by atoms with Gasteiger partial charge in [-0.2, -0.15) is 0 Å². The average Bonchev–Trinajstić information content (AvgIpc) is 2.66. The first-order valence-corrected chi connectivity index (χ1v) is 5.20. The Morgan fingerprint density at radius 3 is 3.12 bits per heavy atom.